The van der Waals surface area contributed by atoms with Crippen LogP contribution in [0.3, 0.4) is 0 Å². The van der Waals surface area contributed by atoms with Gasteiger partial charge < -0.3 is 19.7 Å². The Morgan fingerprint density at radius 1 is 1.22 bits per heavy atom. The summed E-state index contributed by atoms with van der Waals surface area (Å²) in [4.78, 5) is 18.2. The topological polar surface area (TPSA) is 63.7 Å². The van der Waals surface area contributed by atoms with Crippen molar-refractivity contribution in [2.24, 2.45) is 0 Å². The van der Waals surface area contributed by atoms with E-state index in [4.69, 9.17) is 9.47 Å². The van der Waals surface area contributed by atoms with Crippen LogP contribution in [0.1, 0.15) is 22.0 Å². The molecule has 6 nitrogen and oxygen atoms in total. The van der Waals surface area contributed by atoms with Crippen molar-refractivity contribution in [3.8, 4) is 11.5 Å². The Balaban J connectivity index is 1.71. The quantitative estimate of drug-likeness (QED) is 0.912. The second kappa shape index (κ2) is 6.66. The van der Waals surface area contributed by atoms with Crippen LogP contribution in [0.4, 0.5) is 0 Å². The van der Waals surface area contributed by atoms with Crippen LogP contribution in [0.5, 0.6) is 11.5 Å². The molecule has 1 aliphatic heterocycles. The zero-order valence-corrected chi connectivity index (χ0v) is 13.2. The summed E-state index contributed by atoms with van der Waals surface area (Å²) in [5, 5.41) is 2.97. The summed E-state index contributed by atoms with van der Waals surface area (Å²) in [6.45, 7) is 0.748. The van der Waals surface area contributed by atoms with Crippen molar-refractivity contribution in [2.75, 3.05) is 27.4 Å². The molecule has 1 unspecified atom stereocenters. The minimum Gasteiger partial charge on any atom is -0.454 e. The number of carbonyl (C=O) groups is 1. The monoisotopic (exact) mass is 313 g/mol. The van der Waals surface area contributed by atoms with E-state index >= 15 is 0 Å². The molecule has 0 saturated carbocycles. The number of ether oxygens (including phenoxy) is 2. The maximum Gasteiger partial charge on any atom is 0.251 e. The molecule has 1 aromatic carbocycles. The molecule has 0 aliphatic carbocycles. The van der Waals surface area contributed by atoms with Crippen molar-refractivity contribution in [3.05, 3.63) is 53.9 Å². The molecule has 0 saturated heterocycles. The molecule has 1 amide bonds. The highest BCUT2D eigenvalue weighted by molar-refractivity contribution is 5.93. The predicted octanol–water partition coefficient (Wildman–Crippen LogP) is 1.84. The van der Waals surface area contributed by atoms with Crippen molar-refractivity contribution < 1.29 is 14.3 Å². The fraction of sp³-hybridized carbons (Fsp3) is 0.294. The molecular weight excluding hydrogens is 294 g/mol. The van der Waals surface area contributed by atoms with Gasteiger partial charge in [0.05, 0.1) is 6.04 Å². The van der Waals surface area contributed by atoms with E-state index in [1.165, 1.54) is 0 Å². The lowest BCUT2D eigenvalue weighted by Crippen LogP contribution is -2.34. The number of nitrogens with zero attached hydrogens (tertiary/aromatic N) is 2. The Bertz CT molecular complexity index is 689. The van der Waals surface area contributed by atoms with E-state index in [1.54, 1.807) is 24.5 Å². The minimum absolute atomic E-state index is 0.0373. The highest BCUT2D eigenvalue weighted by atomic mass is 16.7. The van der Waals surface area contributed by atoms with Gasteiger partial charge in [0.15, 0.2) is 11.5 Å². The van der Waals surface area contributed by atoms with Crippen LogP contribution in [-0.2, 0) is 0 Å². The number of hydrogen-bond donors (Lipinski definition) is 1. The number of aromatic nitrogens is 1. The molecule has 0 radical (unpaired) electrons. The van der Waals surface area contributed by atoms with Gasteiger partial charge in [0.25, 0.3) is 5.91 Å². The van der Waals surface area contributed by atoms with Crippen LogP contribution in [-0.4, -0.2) is 43.2 Å². The average molecular weight is 313 g/mol. The SMILES string of the molecule is CN(C)C(CNC(=O)c1ccncc1)c1ccc2c(c1)OCO2. The first-order valence-corrected chi connectivity index (χ1v) is 7.39. The van der Waals surface area contributed by atoms with Crippen molar-refractivity contribution in [3.63, 3.8) is 0 Å². The van der Waals surface area contributed by atoms with Gasteiger partial charge in [-0.1, -0.05) is 6.07 Å². The van der Waals surface area contributed by atoms with E-state index in [9.17, 15) is 4.79 Å². The standard InChI is InChI=1S/C17H19N3O3/c1-20(2)14(10-19-17(21)12-5-7-18-8-6-12)13-3-4-15-16(9-13)23-11-22-15/h3-9,14H,10-11H2,1-2H3,(H,19,21). The van der Waals surface area contributed by atoms with Crippen LogP contribution in [0.15, 0.2) is 42.7 Å². The van der Waals surface area contributed by atoms with Gasteiger partial charge in [-0.25, -0.2) is 0 Å². The number of rotatable bonds is 5. The molecule has 1 N–H and O–H groups in total. The molecular formula is C17H19N3O3. The molecule has 23 heavy (non-hydrogen) atoms. The smallest absolute Gasteiger partial charge is 0.251 e. The van der Waals surface area contributed by atoms with E-state index in [0.717, 1.165) is 17.1 Å². The van der Waals surface area contributed by atoms with E-state index in [1.807, 2.05) is 32.3 Å². The van der Waals surface area contributed by atoms with Crippen LogP contribution >= 0.6 is 0 Å². The number of benzene rings is 1. The summed E-state index contributed by atoms with van der Waals surface area (Å²) < 4.78 is 10.8. The molecule has 0 fully saturated rings. The molecule has 0 bridgehead atoms. The maximum atomic E-state index is 12.2. The Morgan fingerprint density at radius 3 is 2.70 bits per heavy atom. The zero-order valence-electron chi connectivity index (χ0n) is 13.2. The number of amides is 1. The maximum absolute atomic E-state index is 12.2. The molecule has 6 heteroatoms. The third-order valence-electron chi connectivity index (χ3n) is 3.80. The fourth-order valence-electron chi connectivity index (χ4n) is 2.51. The average Bonchev–Trinajstić information content (AvgIpc) is 3.03. The lowest BCUT2D eigenvalue weighted by molar-refractivity contribution is 0.0942. The molecule has 1 atom stereocenters. The van der Waals surface area contributed by atoms with Gasteiger partial charge in [0.1, 0.15) is 0 Å². The minimum atomic E-state index is -0.111. The Hall–Kier alpha value is -2.60. The summed E-state index contributed by atoms with van der Waals surface area (Å²) in [5.74, 6) is 1.39. The van der Waals surface area contributed by atoms with Crippen molar-refractivity contribution in [1.29, 1.82) is 0 Å². The summed E-state index contributed by atoms with van der Waals surface area (Å²) in [7, 11) is 3.96. The first kappa shape index (κ1) is 15.3. The Morgan fingerprint density at radius 2 is 1.96 bits per heavy atom. The Labute approximate surface area is 135 Å². The normalized spacial score (nSPS) is 13.9. The number of nitrogens with one attached hydrogen (secondary N) is 1. The number of fused-ring (bicyclic) bond motifs is 1. The van der Waals surface area contributed by atoms with E-state index < -0.39 is 0 Å². The summed E-state index contributed by atoms with van der Waals surface area (Å²) in [6, 6.07) is 9.29. The third-order valence-corrected chi connectivity index (χ3v) is 3.80. The van der Waals surface area contributed by atoms with Gasteiger partial charge in [0, 0.05) is 24.5 Å². The van der Waals surface area contributed by atoms with Crippen molar-refractivity contribution in [2.45, 2.75) is 6.04 Å². The summed E-state index contributed by atoms with van der Waals surface area (Å²) in [6.07, 6.45) is 3.21. The number of carbonyl (C=O) groups excluding carboxylic acids is 1. The van der Waals surface area contributed by atoms with Gasteiger partial charge in [-0.15, -0.1) is 0 Å². The molecule has 0 spiro atoms. The molecule has 3 rings (SSSR count). The van der Waals surface area contributed by atoms with Crippen LogP contribution in [0.2, 0.25) is 0 Å². The molecule has 2 heterocycles. The van der Waals surface area contributed by atoms with E-state index in [2.05, 4.69) is 15.2 Å². The lowest BCUT2D eigenvalue weighted by Gasteiger charge is -2.25. The van der Waals surface area contributed by atoms with E-state index in [0.29, 0.717) is 12.1 Å². The number of pyridine rings is 1. The van der Waals surface area contributed by atoms with Gasteiger partial charge in [-0.2, -0.15) is 0 Å². The first-order chi connectivity index (χ1) is 11.1. The number of likely N-dealkylation sites (N-methyl/N-ethyl adjacent to an activating group) is 1. The molecule has 1 aliphatic rings. The van der Waals surface area contributed by atoms with Gasteiger partial charge in [-0.05, 0) is 43.9 Å². The fourth-order valence-corrected chi connectivity index (χ4v) is 2.51. The van der Waals surface area contributed by atoms with Gasteiger partial charge in [0.2, 0.25) is 6.79 Å². The van der Waals surface area contributed by atoms with Crippen molar-refractivity contribution >= 4 is 5.91 Å². The molecule has 2 aromatic rings. The van der Waals surface area contributed by atoms with Crippen LogP contribution < -0.4 is 14.8 Å². The summed E-state index contributed by atoms with van der Waals surface area (Å²) in [5.41, 5.74) is 1.66. The third kappa shape index (κ3) is 3.43. The largest absolute Gasteiger partial charge is 0.454 e. The highest BCUT2D eigenvalue weighted by Crippen LogP contribution is 2.34. The van der Waals surface area contributed by atoms with Gasteiger partial charge in [-0.3, -0.25) is 9.78 Å². The number of hydrogen-bond acceptors (Lipinski definition) is 5. The van der Waals surface area contributed by atoms with Crippen LogP contribution in [0.25, 0.3) is 0 Å². The van der Waals surface area contributed by atoms with E-state index in [-0.39, 0.29) is 18.7 Å². The highest BCUT2D eigenvalue weighted by Gasteiger charge is 2.20. The molecule has 1 aromatic heterocycles. The predicted molar refractivity (Wildman–Crippen MR) is 85.6 cm³/mol. The van der Waals surface area contributed by atoms with Gasteiger partial charge >= 0.3 is 0 Å². The van der Waals surface area contributed by atoms with Crippen LogP contribution in [0, 0.1) is 0 Å². The Kier molecular flexibility index (Phi) is 4.43. The second-order valence-corrected chi connectivity index (χ2v) is 5.54. The molecule has 120 valence electrons. The lowest BCUT2D eigenvalue weighted by atomic mass is 10.0. The summed E-state index contributed by atoms with van der Waals surface area (Å²) >= 11 is 0. The van der Waals surface area contributed by atoms with Crippen molar-refractivity contribution in [1.82, 2.24) is 15.2 Å². The first-order valence-electron chi connectivity index (χ1n) is 7.39. The second-order valence-electron chi connectivity index (χ2n) is 5.54. The zero-order chi connectivity index (χ0) is 16.2.